The fourth-order valence-corrected chi connectivity index (χ4v) is 3.25. The van der Waals surface area contributed by atoms with Gasteiger partial charge in [0.2, 0.25) is 5.91 Å². The molecule has 0 N–H and O–H groups in total. The van der Waals surface area contributed by atoms with Gasteiger partial charge in [0.15, 0.2) is 0 Å². The molecule has 1 heterocycles. The fraction of sp³-hybridized carbons (Fsp3) is 0.381. The number of ether oxygens (including phenoxy) is 1. The van der Waals surface area contributed by atoms with Crippen LogP contribution in [0.2, 0.25) is 5.02 Å². The number of carbonyl (C=O) groups is 1. The largest absolute Gasteiger partial charge is 0.491 e. The van der Waals surface area contributed by atoms with Crippen LogP contribution in [0.15, 0.2) is 48.5 Å². The molecule has 26 heavy (non-hydrogen) atoms. The number of benzene rings is 2. The molecule has 0 aromatic heterocycles. The van der Waals surface area contributed by atoms with E-state index in [4.69, 9.17) is 16.3 Å². The van der Waals surface area contributed by atoms with Gasteiger partial charge < -0.3 is 9.64 Å². The Hall–Kier alpha value is -2.04. The third kappa shape index (κ3) is 5.23. The van der Waals surface area contributed by atoms with E-state index < -0.39 is 0 Å². The van der Waals surface area contributed by atoms with Crippen molar-refractivity contribution in [3.8, 4) is 5.75 Å². The maximum absolute atomic E-state index is 12.5. The molecule has 0 bridgehead atoms. The molecule has 5 heteroatoms. The number of amides is 1. The van der Waals surface area contributed by atoms with E-state index in [9.17, 15) is 4.79 Å². The molecule has 1 amide bonds. The van der Waals surface area contributed by atoms with Crippen molar-refractivity contribution in [2.45, 2.75) is 13.3 Å². The summed E-state index contributed by atoms with van der Waals surface area (Å²) >= 11 is 6.09. The molecule has 0 spiro atoms. The Morgan fingerprint density at radius 1 is 1.04 bits per heavy atom. The molecule has 1 aliphatic heterocycles. The molecule has 2 aromatic rings. The highest BCUT2D eigenvalue weighted by Crippen LogP contribution is 2.22. The first-order valence-corrected chi connectivity index (χ1v) is 9.42. The van der Waals surface area contributed by atoms with Gasteiger partial charge in [0.1, 0.15) is 12.4 Å². The molecule has 0 unspecified atom stereocenters. The molecule has 0 aliphatic carbocycles. The Morgan fingerprint density at radius 3 is 2.42 bits per heavy atom. The summed E-state index contributed by atoms with van der Waals surface area (Å²) in [6.07, 6.45) is 0.482. The molecule has 2 aromatic carbocycles. The monoisotopic (exact) mass is 372 g/mol. The zero-order chi connectivity index (χ0) is 18.4. The SMILES string of the molecule is Cc1ccc(CC(=O)N2CCN(CCOc3ccccc3Cl)CC2)cc1. The number of hydrogen-bond donors (Lipinski definition) is 0. The van der Waals surface area contributed by atoms with Crippen LogP contribution >= 0.6 is 11.6 Å². The van der Waals surface area contributed by atoms with E-state index >= 15 is 0 Å². The quantitative estimate of drug-likeness (QED) is 0.779. The predicted molar refractivity (Wildman–Crippen MR) is 105 cm³/mol. The lowest BCUT2D eigenvalue weighted by Gasteiger charge is -2.34. The number of nitrogens with zero attached hydrogens (tertiary/aromatic N) is 2. The zero-order valence-electron chi connectivity index (χ0n) is 15.2. The van der Waals surface area contributed by atoms with Crippen molar-refractivity contribution in [2.24, 2.45) is 0 Å². The van der Waals surface area contributed by atoms with E-state index in [1.807, 2.05) is 41.3 Å². The van der Waals surface area contributed by atoms with E-state index in [2.05, 4.69) is 24.0 Å². The third-order valence-corrected chi connectivity index (χ3v) is 5.01. The van der Waals surface area contributed by atoms with Gasteiger partial charge in [-0.1, -0.05) is 53.6 Å². The van der Waals surface area contributed by atoms with Crippen molar-refractivity contribution >= 4 is 17.5 Å². The second-order valence-electron chi connectivity index (χ2n) is 6.66. The predicted octanol–water partition coefficient (Wildman–Crippen LogP) is 3.41. The zero-order valence-corrected chi connectivity index (χ0v) is 15.9. The lowest BCUT2D eigenvalue weighted by molar-refractivity contribution is -0.132. The van der Waals surface area contributed by atoms with Crippen LogP contribution in [0.5, 0.6) is 5.75 Å². The number of halogens is 1. The normalized spacial score (nSPS) is 15.1. The van der Waals surface area contributed by atoms with Crippen LogP contribution in [0.25, 0.3) is 0 Å². The van der Waals surface area contributed by atoms with Crippen LogP contribution in [0.4, 0.5) is 0 Å². The van der Waals surface area contributed by atoms with Gasteiger partial charge in [-0.2, -0.15) is 0 Å². The number of rotatable bonds is 6. The Bertz CT molecular complexity index is 725. The number of para-hydroxylation sites is 1. The second-order valence-corrected chi connectivity index (χ2v) is 7.07. The summed E-state index contributed by atoms with van der Waals surface area (Å²) in [6, 6.07) is 15.7. The molecular weight excluding hydrogens is 348 g/mol. The van der Waals surface area contributed by atoms with E-state index in [1.54, 1.807) is 0 Å². The van der Waals surface area contributed by atoms with Gasteiger partial charge in [0.05, 0.1) is 11.4 Å². The van der Waals surface area contributed by atoms with Gasteiger partial charge in [-0.15, -0.1) is 0 Å². The summed E-state index contributed by atoms with van der Waals surface area (Å²) in [5.41, 5.74) is 2.30. The van der Waals surface area contributed by atoms with Crippen LogP contribution in [0.3, 0.4) is 0 Å². The second kappa shape index (κ2) is 9.06. The Labute approximate surface area is 160 Å². The Kier molecular flexibility index (Phi) is 6.53. The highest BCUT2D eigenvalue weighted by Gasteiger charge is 2.21. The molecule has 0 saturated carbocycles. The minimum Gasteiger partial charge on any atom is -0.491 e. The van der Waals surface area contributed by atoms with Crippen LogP contribution in [0, 0.1) is 6.92 Å². The topological polar surface area (TPSA) is 32.8 Å². The molecule has 4 nitrogen and oxygen atoms in total. The van der Waals surface area contributed by atoms with Gasteiger partial charge in [-0.25, -0.2) is 0 Å². The first-order chi connectivity index (χ1) is 12.6. The van der Waals surface area contributed by atoms with Crippen molar-refractivity contribution in [3.63, 3.8) is 0 Å². The molecule has 1 fully saturated rings. The average molecular weight is 373 g/mol. The van der Waals surface area contributed by atoms with Crippen molar-refractivity contribution in [1.82, 2.24) is 9.80 Å². The van der Waals surface area contributed by atoms with Gasteiger partial charge in [-0.3, -0.25) is 9.69 Å². The smallest absolute Gasteiger partial charge is 0.227 e. The summed E-state index contributed by atoms with van der Waals surface area (Å²) in [6.45, 7) is 6.80. The Morgan fingerprint density at radius 2 is 1.73 bits per heavy atom. The summed E-state index contributed by atoms with van der Waals surface area (Å²) in [5.74, 6) is 0.932. The third-order valence-electron chi connectivity index (χ3n) is 4.70. The molecule has 0 radical (unpaired) electrons. The van der Waals surface area contributed by atoms with Gasteiger partial charge in [0.25, 0.3) is 0 Å². The molecule has 0 atom stereocenters. The standard InChI is InChI=1S/C21H25ClN2O2/c1-17-6-8-18(9-7-17)16-21(25)24-12-10-23(11-13-24)14-15-26-20-5-3-2-4-19(20)22/h2-9H,10-16H2,1H3. The maximum atomic E-state index is 12.5. The average Bonchev–Trinajstić information content (AvgIpc) is 2.66. The van der Waals surface area contributed by atoms with E-state index in [1.165, 1.54) is 5.56 Å². The highest BCUT2D eigenvalue weighted by molar-refractivity contribution is 6.32. The van der Waals surface area contributed by atoms with Gasteiger partial charge >= 0.3 is 0 Å². The van der Waals surface area contributed by atoms with Crippen molar-refractivity contribution in [3.05, 3.63) is 64.7 Å². The first kappa shape index (κ1) is 18.7. The fourth-order valence-electron chi connectivity index (χ4n) is 3.06. The van der Waals surface area contributed by atoms with Crippen molar-refractivity contribution in [2.75, 3.05) is 39.3 Å². The number of aryl methyl sites for hydroxylation is 1. The number of carbonyl (C=O) groups excluding carboxylic acids is 1. The summed E-state index contributed by atoms with van der Waals surface area (Å²) in [7, 11) is 0. The van der Waals surface area contributed by atoms with Crippen molar-refractivity contribution < 1.29 is 9.53 Å². The highest BCUT2D eigenvalue weighted by atomic mass is 35.5. The van der Waals surface area contributed by atoms with Crippen LogP contribution in [-0.2, 0) is 11.2 Å². The molecule has 1 aliphatic rings. The lowest BCUT2D eigenvalue weighted by atomic mass is 10.1. The summed E-state index contributed by atoms with van der Waals surface area (Å²) < 4.78 is 5.75. The van der Waals surface area contributed by atoms with Gasteiger partial charge in [-0.05, 0) is 24.6 Å². The minimum absolute atomic E-state index is 0.209. The Balaban J connectivity index is 1.39. The first-order valence-electron chi connectivity index (χ1n) is 9.05. The van der Waals surface area contributed by atoms with Crippen molar-refractivity contribution in [1.29, 1.82) is 0 Å². The summed E-state index contributed by atoms with van der Waals surface area (Å²) in [5, 5.41) is 0.638. The van der Waals surface area contributed by atoms with E-state index in [0.29, 0.717) is 18.1 Å². The molecular formula is C21H25ClN2O2. The van der Waals surface area contributed by atoms with Gasteiger partial charge in [0, 0.05) is 32.7 Å². The molecule has 138 valence electrons. The van der Waals surface area contributed by atoms with Crippen LogP contribution in [0.1, 0.15) is 11.1 Å². The van der Waals surface area contributed by atoms with Crippen LogP contribution in [-0.4, -0.2) is 55.0 Å². The lowest BCUT2D eigenvalue weighted by Crippen LogP contribution is -2.49. The maximum Gasteiger partial charge on any atom is 0.227 e. The summed E-state index contributed by atoms with van der Waals surface area (Å²) in [4.78, 5) is 16.8. The van der Waals surface area contributed by atoms with Crippen LogP contribution < -0.4 is 4.74 Å². The number of hydrogen-bond acceptors (Lipinski definition) is 3. The molecule has 3 rings (SSSR count). The molecule has 1 saturated heterocycles. The minimum atomic E-state index is 0.209. The number of piperazine rings is 1. The van der Waals surface area contributed by atoms with E-state index in [0.717, 1.165) is 44.0 Å². The van der Waals surface area contributed by atoms with E-state index in [-0.39, 0.29) is 5.91 Å².